The van der Waals surface area contributed by atoms with E-state index in [4.69, 9.17) is 16.3 Å². The zero-order valence-corrected chi connectivity index (χ0v) is 11.5. The number of hydrogen-bond donors (Lipinski definition) is 0. The van der Waals surface area contributed by atoms with Crippen LogP contribution in [-0.2, 0) is 0 Å². The lowest BCUT2D eigenvalue weighted by Gasteiger charge is -2.14. The maximum absolute atomic E-state index is 5.91. The average molecular weight is 262 g/mol. The van der Waals surface area contributed by atoms with Crippen LogP contribution in [0.3, 0.4) is 0 Å². The molecule has 0 saturated carbocycles. The summed E-state index contributed by atoms with van der Waals surface area (Å²) in [5, 5.41) is 0.436. The number of aromatic nitrogens is 1. The van der Waals surface area contributed by atoms with Crippen LogP contribution in [0.4, 0.5) is 0 Å². The number of ether oxygens (including phenoxy) is 1. The minimum absolute atomic E-state index is 0.415. The van der Waals surface area contributed by atoms with Crippen molar-refractivity contribution in [1.82, 2.24) is 4.98 Å². The maximum Gasteiger partial charge on any atom is 0.132 e. The van der Waals surface area contributed by atoms with E-state index in [0.717, 1.165) is 5.75 Å². The molecule has 0 N–H and O–H groups in total. The number of halogens is 1. The summed E-state index contributed by atoms with van der Waals surface area (Å²) in [7, 11) is 0. The summed E-state index contributed by atoms with van der Waals surface area (Å²) in [5.74, 6) is 2.01. The van der Waals surface area contributed by atoms with E-state index >= 15 is 0 Å². The smallest absolute Gasteiger partial charge is 0.132 e. The third-order valence-corrected chi connectivity index (χ3v) is 2.92. The molecule has 0 radical (unpaired) electrons. The van der Waals surface area contributed by atoms with Gasteiger partial charge < -0.3 is 4.74 Å². The molecule has 0 fully saturated rings. The molecule has 18 heavy (non-hydrogen) atoms. The molecule has 0 bridgehead atoms. The van der Waals surface area contributed by atoms with Crippen LogP contribution in [0.25, 0.3) is 0 Å². The van der Waals surface area contributed by atoms with Crippen LogP contribution in [-0.4, -0.2) is 4.98 Å². The third kappa shape index (κ3) is 3.02. The summed E-state index contributed by atoms with van der Waals surface area (Å²) < 4.78 is 5.91. The van der Waals surface area contributed by atoms with Gasteiger partial charge in [0, 0.05) is 12.3 Å². The number of benzene rings is 1. The molecule has 2 aromatic rings. The van der Waals surface area contributed by atoms with E-state index in [9.17, 15) is 0 Å². The molecule has 1 heterocycles. The number of hydrogen-bond acceptors (Lipinski definition) is 2. The van der Waals surface area contributed by atoms with Crippen molar-refractivity contribution >= 4 is 11.6 Å². The Morgan fingerprint density at radius 3 is 2.61 bits per heavy atom. The van der Waals surface area contributed by atoms with Gasteiger partial charge in [-0.15, -0.1) is 0 Å². The van der Waals surface area contributed by atoms with Crippen LogP contribution in [0.2, 0.25) is 5.15 Å². The van der Waals surface area contributed by atoms with Gasteiger partial charge in [-0.05, 0) is 36.1 Å². The number of rotatable bonds is 3. The minimum atomic E-state index is 0.415. The van der Waals surface area contributed by atoms with Crippen molar-refractivity contribution in [3.05, 3.63) is 52.8 Å². The molecular formula is C15H16ClNO. The Morgan fingerprint density at radius 2 is 1.94 bits per heavy atom. The van der Waals surface area contributed by atoms with Gasteiger partial charge in [-0.3, -0.25) is 0 Å². The molecule has 2 rings (SSSR count). The van der Waals surface area contributed by atoms with E-state index in [1.54, 1.807) is 18.3 Å². The highest BCUT2D eigenvalue weighted by atomic mass is 35.5. The SMILES string of the molecule is Cc1ccc(C(C)C)c(Oc2ccnc(Cl)c2)c1. The van der Waals surface area contributed by atoms with E-state index in [1.807, 2.05) is 6.07 Å². The molecule has 0 aliphatic carbocycles. The van der Waals surface area contributed by atoms with Crippen LogP contribution in [0.1, 0.15) is 30.9 Å². The highest BCUT2D eigenvalue weighted by Crippen LogP contribution is 2.31. The summed E-state index contributed by atoms with van der Waals surface area (Å²) in [6.45, 7) is 6.35. The van der Waals surface area contributed by atoms with Crippen molar-refractivity contribution in [2.24, 2.45) is 0 Å². The van der Waals surface area contributed by atoms with Crippen LogP contribution >= 0.6 is 11.6 Å². The van der Waals surface area contributed by atoms with E-state index in [0.29, 0.717) is 16.8 Å². The fourth-order valence-corrected chi connectivity index (χ4v) is 1.95. The zero-order chi connectivity index (χ0) is 13.1. The fourth-order valence-electron chi connectivity index (χ4n) is 1.78. The number of pyridine rings is 1. The highest BCUT2D eigenvalue weighted by molar-refractivity contribution is 6.29. The lowest BCUT2D eigenvalue weighted by atomic mass is 10.0. The fraction of sp³-hybridized carbons (Fsp3) is 0.267. The largest absolute Gasteiger partial charge is 0.457 e. The molecule has 0 unspecified atom stereocenters. The summed E-state index contributed by atoms with van der Waals surface area (Å²) in [6, 6.07) is 9.77. The van der Waals surface area contributed by atoms with E-state index in [2.05, 4.69) is 37.9 Å². The molecule has 0 aliphatic rings. The Bertz CT molecular complexity index is 552. The Labute approximate surface area is 113 Å². The van der Waals surface area contributed by atoms with E-state index in [-0.39, 0.29) is 0 Å². The number of aryl methyl sites for hydroxylation is 1. The van der Waals surface area contributed by atoms with Crippen LogP contribution < -0.4 is 4.74 Å². The van der Waals surface area contributed by atoms with E-state index in [1.165, 1.54) is 11.1 Å². The van der Waals surface area contributed by atoms with Gasteiger partial charge in [-0.25, -0.2) is 4.98 Å². The van der Waals surface area contributed by atoms with Crippen LogP contribution in [0, 0.1) is 6.92 Å². The Kier molecular flexibility index (Phi) is 3.87. The molecule has 0 amide bonds. The monoisotopic (exact) mass is 261 g/mol. The summed E-state index contributed by atoms with van der Waals surface area (Å²) in [6.07, 6.45) is 1.64. The first kappa shape index (κ1) is 12.9. The Balaban J connectivity index is 2.36. The Hall–Kier alpha value is -1.54. The first-order valence-electron chi connectivity index (χ1n) is 5.96. The highest BCUT2D eigenvalue weighted by Gasteiger charge is 2.09. The first-order chi connectivity index (χ1) is 8.56. The minimum Gasteiger partial charge on any atom is -0.457 e. The topological polar surface area (TPSA) is 22.1 Å². The quantitative estimate of drug-likeness (QED) is 0.729. The van der Waals surface area contributed by atoms with Gasteiger partial charge >= 0.3 is 0 Å². The molecule has 1 aromatic carbocycles. The van der Waals surface area contributed by atoms with Gasteiger partial charge in [-0.2, -0.15) is 0 Å². The third-order valence-electron chi connectivity index (χ3n) is 2.72. The second-order valence-electron chi connectivity index (χ2n) is 4.61. The number of nitrogens with zero attached hydrogens (tertiary/aromatic N) is 1. The standard InChI is InChI=1S/C15H16ClNO/c1-10(2)13-5-4-11(3)8-14(13)18-12-6-7-17-15(16)9-12/h4-10H,1-3H3. The molecule has 1 aromatic heterocycles. The second-order valence-corrected chi connectivity index (χ2v) is 5.00. The normalized spacial score (nSPS) is 10.7. The average Bonchev–Trinajstić information content (AvgIpc) is 2.28. The molecule has 94 valence electrons. The molecule has 0 aliphatic heterocycles. The summed E-state index contributed by atoms with van der Waals surface area (Å²) in [5.41, 5.74) is 2.36. The predicted molar refractivity (Wildman–Crippen MR) is 74.6 cm³/mol. The van der Waals surface area contributed by atoms with Crippen molar-refractivity contribution in [3.63, 3.8) is 0 Å². The molecule has 0 saturated heterocycles. The van der Waals surface area contributed by atoms with Crippen molar-refractivity contribution in [1.29, 1.82) is 0 Å². The molecule has 0 spiro atoms. The van der Waals surface area contributed by atoms with Crippen LogP contribution in [0.5, 0.6) is 11.5 Å². The van der Waals surface area contributed by atoms with Crippen molar-refractivity contribution < 1.29 is 4.74 Å². The van der Waals surface area contributed by atoms with Gasteiger partial charge in [0.25, 0.3) is 0 Å². The van der Waals surface area contributed by atoms with E-state index < -0.39 is 0 Å². The van der Waals surface area contributed by atoms with Gasteiger partial charge in [-0.1, -0.05) is 37.6 Å². The van der Waals surface area contributed by atoms with Gasteiger partial charge in [0.2, 0.25) is 0 Å². The second kappa shape index (κ2) is 5.40. The van der Waals surface area contributed by atoms with Gasteiger partial charge in [0.15, 0.2) is 0 Å². The summed E-state index contributed by atoms with van der Waals surface area (Å²) in [4.78, 5) is 3.94. The molecule has 3 heteroatoms. The van der Waals surface area contributed by atoms with Crippen LogP contribution in [0.15, 0.2) is 36.5 Å². The predicted octanol–water partition coefficient (Wildman–Crippen LogP) is 4.96. The van der Waals surface area contributed by atoms with Crippen molar-refractivity contribution in [2.75, 3.05) is 0 Å². The van der Waals surface area contributed by atoms with Gasteiger partial charge in [0.1, 0.15) is 16.7 Å². The van der Waals surface area contributed by atoms with Crippen molar-refractivity contribution in [2.45, 2.75) is 26.7 Å². The van der Waals surface area contributed by atoms with Gasteiger partial charge in [0.05, 0.1) is 0 Å². The zero-order valence-electron chi connectivity index (χ0n) is 10.8. The van der Waals surface area contributed by atoms with Crippen molar-refractivity contribution in [3.8, 4) is 11.5 Å². The molecule has 2 nitrogen and oxygen atoms in total. The lowest BCUT2D eigenvalue weighted by molar-refractivity contribution is 0.472. The Morgan fingerprint density at radius 1 is 1.17 bits per heavy atom. The maximum atomic E-state index is 5.91. The lowest BCUT2D eigenvalue weighted by Crippen LogP contribution is -1.95. The summed E-state index contributed by atoms with van der Waals surface area (Å²) >= 11 is 5.85. The first-order valence-corrected chi connectivity index (χ1v) is 6.34. The molecule has 0 atom stereocenters. The molecular weight excluding hydrogens is 246 g/mol.